The topological polar surface area (TPSA) is 0 Å². The van der Waals surface area contributed by atoms with Gasteiger partial charge in [-0.1, -0.05) is 17.7 Å². The number of allylic oxidation sites excluding steroid dienone is 1. The minimum atomic E-state index is -1.03. The highest BCUT2D eigenvalue weighted by Gasteiger charge is 2.37. The third kappa shape index (κ3) is 3.72. The third-order valence-corrected chi connectivity index (χ3v) is 7.02. The molecule has 0 aliphatic heterocycles. The number of rotatable bonds is 4. The second kappa shape index (κ2) is 8.14. The van der Waals surface area contributed by atoms with Gasteiger partial charge in [0.2, 0.25) is 0 Å². The van der Waals surface area contributed by atoms with E-state index in [1.807, 2.05) is 6.08 Å². The van der Waals surface area contributed by atoms with Crippen LogP contribution in [0.4, 0.5) is 17.6 Å². The summed E-state index contributed by atoms with van der Waals surface area (Å²) in [6, 6.07) is 3.16. The van der Waals surface area contributed by atoms with E-state index in [4.69, 9.17) is 11.6 Å². The molecule has 0 aromatic heterocycles. The predicted molar refractivity (Wildman–Crippen MR) is 108 cm³/mol. The van der Waals surface area contributed by atoms with Crippen molar-refractivity contribution in [2.75, 3.05) is 0 Å². The van der Waals surface area contributed by atoms with E-state index in [-0.39, 0.29) is 17.0 Å². The standard InChI is InChI=1S/C24H23ClF4/c1-2-3-4-13-5-7-16-14(9-13)6-8-17-18(16)12-19(26)22(24(17)29)15-10-20(27)23(25)21(28)11-15/h2,10-14,16H,1,3-9H2. The molecule has 0 heterocycles. The van der Waals surface area contributed by atoms with Gasteiger partial charge in [0.25, 0.3) is 0 Å². The zero-order valence-electron chi connectivity index (χ0n) is 16.1. The Kier molecular flexibility index (Phi) is 5.74. The Morgan fingerprint density at radius 2 is 1.72 bits per heavy atom. The van der Waals surface area contributed by atoms with E-state index in [9.17, 15) is 13.2 Å². The fourth-order valence-electron chi connectivity index (χ4n) is 5.26. The molecule has 5 heteroatoms. The molecule has 1 saturated carbocycles. The van der Waals surface area contributed by atoms with Gasteiger partial charge in [0, 0.05) is 0 Å². The van der Waals surface area contributed by atoms with Gasteiger partial charge >= 0.3 is 0 Å². The first-order chi connectivity index (χ1) is 13.9. The van der Waals surface area contributed by atoms with Gasteiger partial charge in [-0.25, -0.2) is 17.6 Å². The Morgan fingerprint density at radius 1 is 1.00 bits per heavy atom. The van der Waals surface area contributed by atoms with Crippen LogP contribution >= 0.6 is 11.6 Å². The van der Waals surface area contributed by atoms with Gasteiger partial charge < -0.3 is 0 Å². The van der Waals surface area contributed by atoms with Gasteiger partial charge in [-0.05, 0) is 97.6 Å². The highest BCUT2D eigenvalue weighted by molar-refractivity contribution is 6.31. The molecule has 0 nitrogen and oxygen atoms in total. The lowest BCUT2D eigenvalue weighted by molar-refractivity contribution is 0.201. The van der Waals surface area contributed by atoms with Crippen molar-refractivity contribution in [3.63, 3.8) is 0 Å². The van der Waals surface area contributed by atoms with E-state index >= 15 is 4.39 Å². The first kappa shape index (κ1) is 20.5. The van der Waals surface area contributed by atoms with Crippen molar-refractivity contribution < 1.29 is 17.6 Å². The molecule has 0 saturated heterocycles. The Balaban J connectivity index is 1.69. The number of hydrogen-bond acceptors (Lipinski definition) is 0. The lowest BCUT2D eigenvalue weighted by Crippen LogP contribution is -2.29. The highest BCUT2D eigenvalue weighted by Crippen LogP contribution is 2.49. The molecule has 2 aliphatic carbocycles. The largest absolute Gasteiger partial charge is 0.206 e. The van der Waals surface area contributed by atoms with Crippen LogP contribution in [0.5, 0.6) is 0 Å². The Morgan fingerprint density at radius 3 is 2.41 bits per heavy atom. The molecule has 2 aromatic rings. The van der Waals surface area contributed by atoms with Crippen LogP contribution in [0.2, 0.25) is 5.02 Å². The molecule has 4 rings (SSSR count). The maximum absolute atomic E-state index is 15.3. The summed E-state index contributed by atoms with van der Waals surface area (Å²) in [7, 11) is 0. The molecule has 1 fully saturated rings. The van der Waals surface area contributed by atoms with Crippen molar-refractivity contribution in [3.8, 4) is 11.1 Å². The fraction of sp³-hybridized carbons (Fsp3) is 0.417. The quantitative estimate of drug-likeness (QED) is 0.266. The molecule has 0 N–H and O–H groups in total. The average molecular weight is 423 g/mol. The normalized spacial score (nSPS) is 23.4. The van der Waals surface area contributed by atoms with E-state index in [1.54, 1.807) is 0 Å². The molecule has 0 amide bonds. The fourth-order valence-corrected chi connectivity index (χ4v) is 5.37. The van der Waals surface area contributed by atoms with E-state index < -0.39 is 28.3 Å². The first-order valence-corrected chi connectivity index (χ1v) is 10.5. The van der Waals surface area contributed by atoms with Gasteiger partial charge in [0.15, 0.2) is 0 Å². The van der Waals surface area contributed by atoms with E-state index in [1.165, 1.54) is 6.07 Å². The van der Waals surface area contributed by atoms with Gasteiger partial charge in [0.1, 0.15) is 28.3 Å². The number of fused-ring (bicyclic) bond motifs is 3. The molecule has 3 unspecified atom stereocenters. The maximum atomic E-state index is 15.3. The number of halogens is 5. The summed E-state index contributed by atoms with van der Waals surface area (Å²) in [5.74, 6) is -2.32. The van der Waals surface area contributed by atoms with Crippen molar-refractivity contribution >= 4 is 11.6 Å². The summed E-state index contributed by atoms with van der Waals surface area (Å²) in [4.78, 5) is 0. The molecular formula is C24H23ClF4. The van der Waals surface area contributed by atoms with Crippen molar-refractivity contribution in [1.82, 2.24) is 0 Å². The molecule has 0 radical (unpaired) electrons. The molecule has 0 spiro atoms. The molecule has 29 heavy (non-hydrogen) atoms. The Hall–Kier alpha value is -1.81. The van der Waals surface area contributed by atoms with Crippen LogP contribution in [0.25, 0.3) is 11.1 Å². The summed E-state index contributed by atoms with van der Waals surface area (Å²) >= 11 is 5.51. The molecule has 154 valence electrons. The van der Waals surface area contributed by atoms with Gasteiger partial charge in [-0.15, -0.1) is 6.58 Å². The van der Waals surface area contributed by atoms with Crippen molar-refractivity contribution in [3.05, 3.63) is 70.3 Å². The van der Waals surface area contributed by atoms with E-state index in [0.717, 1.165) is 56.2 Å². The number of benzene rings is 2. The van der Waals surface area contributed by atoms with E-state index in [2.05, 4.69) is 6.58 Å². The van der Waals surface area contributed by atoms with Crippen molar-refractivity contribution in [2.24, 2.45) is 11.8 Å². The second-order valence-corrected chi connectivity index (χ2v) is 8.70. The van der Waals surface area contributed by atoms with Gasteiger partial charge in [-0.2, -0.15) is 0 Å². The van der Waals surface area contributed by atoms with Gasteiger partial charge in [-0.3, -0.25) is 0 Å². The summed E-state index contributed by atoms with van der Waals surface area (Å²) in [5, 5.41) is -0.677. The predicted octanol–water partition coefficient (Wildman–Crippen LogP) is 7.98. The van der Waals surface area contributed by atoms with Crippen LogP contribution < -0.4 is 0 Å². The van der Waals surface area contributed by atoms with Crippen LogP contribution in [0, 0.1) is 35.1 Å². The monoisotopic (exact) mass is 422 g/mol. The minimum absolute atomic E-state index is 0.149. The smallest absolute Gasteiger partial charge is 0.145 e. The summed E-state index contributed by atoms with van der Waals surface area (Å²) < 4.78 is 58.0. The Bertz CT molecular complexity index is 929. The summed E-state index contributed by atoms with van der Waals surface area (Å²) in [6.45, 7) is 3.79. The molecule has 3 atom stereocenters. The third-order valence-electron chi connectivity index (χ3n) is 6.66. The highest BCUT2D eigenvalue weighted by atomic mass is 35.5. The summed E-state index contributed by atoms with van der Waals surface area (Å²) in [6.07, 6.45) is 8.48. The zero-order valence-corrected chi connectivity index (χ0v) is 16.8. The van der Waals surface area contributed by atoms with Crippen molar-refractivity contribution in [2.45, 2.75) is 50.9 Å². The minimum Gasteiger partial charge on any atom is -0.206 e. The van der Waals surface area contributed by atoms with Crippen LogP contribution in [-0.4, -0.2) is 0 Å². The molecule has 0 bridgehead atoms. The van der Waals surface area contributed by atoms with Crippen LogP contribution in [-0.2, 0) is 6.42 Å². The van der Waals surface area contributed by atoms with Gasteiger partial charge in [0.05, 0.1) is 5.56 Å². The lowest BCUT2D eigenvalue weighted by atomic mass is 9.64. The molecular weight excluding hydrogens is 400 g/mol. The second-order valence-electron chi connectivity index (χ2n) is 8.32. The SMILES string of the molecule is C=CCCC1CCC2c3cc(F)c(-c4cc(F)c(Cl)c(F)c4)c(F)c3CCC2C1. The Labute approximate surface area is 173 Å². The lowest BCUT2D eigenvalue weighted by Gasteiger charge is -2.41. The zero-order chi connectivity index (χ0) is 20.7. The maximum Gasteiger partial charge on any atom is 0.145 e. The number of hydrogen-bond donors (Lipinski definition) is 0. The van der Waals surface area contributed by atoms with Crippen molar-refractivity contribution in [1.29, 1.82) is 0 Å². The van der Waals surface area contributed by atoms with E-state index in [0.29, 0.717) is 23.8 Å². The molecule has 2 aromatic carbocycles. The van der Waals surface area contributed by atoms with Crippen LogP contribution in [0.1, 0.15) is 55.6 Å². The van der Waals surface area contributed by atoms with Crippen LogP contribution in [0.3, 0.4) is 0 Å². The van der Waals surface area contributed by atoms with Crippen LogP contribution in [0.15, 0.2) is 30.9 Å². The average Bonchev–Trinajstić information content (AvgIpc) is 2.70. The summed E-state index contributed by atoms with van der Waals surface area (Å²) in [5.41, 5.74) is 0.675. The molecule has 2 aliphatic rings. The first-order valence-electron chi connectivity index (χ1n) is 10.2.